The van der Waals surface area contributed by atoms with Crippen LogP contribution < -0.4 is 5.32 Å². The molecule has 1 saturated heterocycles. The van der Waals surface area contributed by atoms with E-state index in [1.807, 2.05) is 0 Å². The Morgan fingerprint density at radius 3 is 2.95 bits per heavy atom. The van der Waals surface area contributed by atoms with E-state index in [2.05, 4.69) is 22.1 Å². The zero-order chi connectivity index (χ0) is 15.4. The van der Waals surface area contributed by atoms with Crippen molar-refractivity contribution in [1.82, 2.24) is 14.9 Å². The molecule has 1 aliphatic heterocycles. The topological polar surface area (TPSA) is 61.3 Å². The van der Waals surface area contributed by atoms with Gasteiger partial charge in [-0.05, 0) is 63.5 Å². The maximum absolute atomic E-state index is 9.29. The normalized spacial score (nSPS) is 22.4. The van der Waals surface area contributed by atoms with Gasteiger partial charge in [0, 0.05) is 37.6 Å². The summed E-state index contributed by atoms with van der Waals surface area (Å²) in [7, 11) is 0. The molecule has 1 fully saturated rings. The lowest BCUT2D eigenvalue weighted by Gasteiger charge is -2.31. The van der Waals surface area contributed by atoms with E-state index in [0.29, 0.717) is 12.5 Å². The molecule has 5 heteroatoms. The lowest BCUT2D eigenvalue weighted by Crippen LogP contribution is -2.39. The van der Waals surface area contributed by atoms with Gasteiger partial charge in [0.2, 0.25) is 5.95 Å². The monoisotopic (exact) mass is 304 g/mol. The molecule has 1 aromatic heterocycles. The van der Waals surface area contributed by atoms with Gasteiger partial charge in [-0.15, -0.1) is 0 Å². The zero-order valence-electron chi connectivity index (χ0n) is 13.6. The average Bonchev–Trinajstić information content (AvgIpc) is 2.55. The number of nitrogens with one attached hydrogen (secondary N) is 1. The quantitative estimate of drug-likeness (QED) is 0.868. The molecule has 22 heavy (non-hydrogen) atoms. The second kappa shape index (κ2) is 7.38. The summed E-state index contributed by atoms with van der Waals surface area (Å²) in [6.07, 6.45) is 7.10. The SMILES string of the molecule is Cc1nc(NCCN2CCC[C@H](CO)C2)nc2c1CCCC2. The van der Waals surface area contributed by atoms with Crippen LogP contribution in [-0.2, 0) is 12.8 Å². The summed E-state index contributed by atoms with van der Waals surface area (Å²) in [4.78, 5) is 11.8. The second-order valence-electron chi connectivity index (χ2n) is 6.68. The van der Waals surface area contributed by atoms with Gasteiger partial charge in [-0.25, -0.2) is 9.97 Å². The van der Waals surface area contributed by atoms with Gasteiger partial charge in [-0.2, -0.15) is 0 Å². The van der Waals surface area contributed by atoms with Crippen LogP contribution in [0.5, 0.6) is 0 Å². The van der Waals surface area contributed by atoms with Gasteiger partial charge >= 0.3 is 0 Å². The fourth-order valence-electron chi connectivity index (χ4n) is 3.69. The van der Waals surface area contributed by atoms with Crippen LogP contribution in [0.15, 0.2) is 0 Å². The van der Waals surface area contributed by atoms with Crippen molar-refractivity contribution in [3.8, 4) is 0 Å². The molecule has 0 saturated carbocycles. The minimum Gasteiger partial charge on any atom is -0.396 e. The molecule has 0 bridgehead atoms. The number of piperidine rings is 1. The zero-order valence-corrected chi connectivity index (χ0v) is 13.6. The molecule has 3 rings (SSSR count). The highest BCUT2D eigenvalue weighted by Gasteiger charge is 2.19. The highest BCUT2D eigenvalue weighted by molar-refractivity contribution is 5.35. The van der Waals surface area contributed by atoms with E-state index in [4.69, 9.17) is 4.98 Å². The van der Waals surface area contributed by atoms with E-state index in [1.165, 1.54) is 30.5 Å². The molecule has 1 aromatic rings. The minimum atomic E-state index is 0.317. The molecular formula is C17H28N4O. The second-order valence-corrected chi connectivity index (χ2v) is 6.68. The van der Waals surface area contributed by atoms with Crippen LogP contribution in [0.3, 0.4) is 0 Å². The average molecular weight is 304 g/mol. The van der Waals surface area contributed by atoms with Crippen molar-refractivity contribution in [1.29, 1.82) is 0 Å². The molecule has 0 aromatic carbocycles. The number of aliphatic hydroxyl groups excluding tert-OH is 1. The van der Waals surface area contributed by atoms with E-state index in [0.717, 1.165) is 57.1 Å². The van der Waals surface area contributed by atoms with Crippen LogP contribution in [0.2, 0.25) is 0 Å². The Kier molecular flexibility index (Phi) is 5.26. The van der Waals surface area contributed by atoms with Gasteiger partial charge < -0.3 is 15.3 Å². The fourth-order valence-corrected chi connectivity index (χ4v) is 3.69. The van der Waals surface area contributed by atoms with Gasteiger partial charge in [-0.3, -0.25) is 0 Å². The van der Waals surface area contributed by atoms with Crippen molar-refractivity contribution < 1.29 is 5.11 Å². The van der Waals surface area contributed by atoms with Crippen molar-refractivity contribution in [2.75, 3.05) is 38.1 Å². The van der Waals surface area contributed by atoms with Crippen LogP contribution in [0, 0.1) is 12.8 Å². The summed E-state index contributed by atoms with van der Waals surface area (Å²) in [6, 6.07) is 0. The predicted octanol–water partition coefficient (Wildman–Crippen LogP) is 1.78. The predicted molar refractivity (Wildman–Crippen MR) is 88.2 cm³/mol. The Balaban J connectivity index is 1.52. The lowest BCUT2D eigenvalue weighted by molar-refractivity contribution is 0.123. The molecule has 122 valence electrons. The number of anilines is 1. The molecular weight excluding hydrogens is 276 g/mol. The van der Waals surface area contributed by atoms with E-state index in [1.54, 1.807) is 0 Å². The Morgan fingerprint density at radius 1 is 1.23 bits per heavy atom. The maximum Gasteiger partial charge on any atom is 0.223 e. The van der Waals surface area contributed by atoms with Crippen LogP contribution in [0.25, 0.3) is 0 Å². The number of nitrogens with zero attached hydrogens (tertiary/aromatic N) is 3. The van der Waals surface area contributed by atoms with E-state index >= 15 is 0 Å². The summed E-state index contributed by atoms with van der Waals surface area (Å²) in [6.45, 7) is 6.45. The number of rotatable bonds is 5. The minimum absolute atomic E-state index is 0.317. The highest BCUT2D eigenvalue weighted by Crippen LogP contribution is 2.22. The van der Waals surface area contributed by atoms with E-state index < -0.39 is 0 Å². The van der Waals surface area contributed by atoms with Crippen molar-refractivity contribution in [2.24, 2.45) is 5.92 Å². The summed E-state index contributed by atoms with van der Waals surface area (Å²) in [5, 5.41) is 12.7. The molecule has 0 amide bonds. The molecule has 2 aliphatic rings. The lowest BCUT2D eigenvalue weighted by atomic mass is 9.95. The van der Waals surface area contributed by atoms with Gasteiger partial charge in [-0.1, -0.05) is 0 Å². The van der Waals surface area contributed by atoms with Crippen molar-refractivity contribution in [3.05, 3.63) is 17.0 Å². The van der Waals surface area contributed by atoms with Gasteiger partial charge in [0.05, 0.1) is 0 Å². The Hall–Kier alpha value is -1.20. The van der Waals surface area contributed by atoms with Crippen LogP contribution in [-0.4, -0.2) is 52.8 Å². The number of hydrogen-bond acceptors (Lipinski definition) is 5. The third kappa shape index (κ3) is 3.76. The molecule has 1 atom stereocenters. The highest BCUT2D eigenvalue weighted by atomic mass is 16.3. The van der Waals surface area contributed by atoms with Crippen LogP contribution in [0.1, 0.15) is 42.6 Å². The summed E-state index contributed by atoms with van der Waals surface area (Å²) < 4.78 is 0. The molecule has 0 spiro atoms. The number of likely N-dealkylation sites (tertiary alicyclic amines) is 1. The van der Waals surface area contributed by atoms with Gasteiger partial charge in [0.1, 0.15) is 0 Å². The molecule has 0 unspecified atom stereocenters. The van der Waals surface area contributed by atoms with Crippen LogP contribution in [0.4, 0.5) is 5.95 Å². The first-order valence-corrected chi connectivity index (χ1v) is 8.69. The Morgan fingerprint density at radius 2 is 2.09 bits per heavy atom. The molecule has 1 aliphatic carbocycles. The summed E-state index contributed by atoms with van der Waals surface area (Å²) in [5.41, 5.74) is 3.77. The van der Waals surface area contributed by atoms with Gasteiger partial charge in [0.15, 0.2) is 0 Å². The number of aryl methyl sites for hydroxylation is 2. The molecule has 5 nitrogen and oxygen atoms in total. The molecule has 2 heterocycles. The van der Waals surface area contributed by atoms with E-state index in [-0.39, 0.29) is 0 Å². The van der Waals surface area contributed by atoms with Gasteiger partial charge in [0.25, 0.3) is 0 Å². The Labute approximate surface area is 133 Å². The fraction of sp³-hybridized carbons (Fsp3) is 0.765. The molecule has 0 radical (unpaired) electrons. The molecule has 2 N–H and O–H groups in total. The van der Waals surface area contributed by atoms with Crippen LogP contribution >= 0.6 is 0 Å². The number of hydrogen-bond donors (Lipinski definition) is 2. The number of aliphatic hydroxyl groups is 1. The smallest absolute Gasteiger partial charge is 0.223 e. The third-order valence-corrected chi connectivity index (χ3v) is 4.96. The third-order valence-electron chi connectivity index (χ3n) is 4.96. The van der Waals surface area contributed by atoms with Crippen molar-refractivity contribution in [2.45, 2.75) is 45.4 Å². The maximum atomic E-state index is 9.29. The summed E-state index contributed by atoms with van der Waals surface area (Å²) in [5.74, 6) is 1.24. The van der Waals surface area contributed by atoms with Crippen molar-refractivity contribution >= 4 is 5.95 Å². The first-order chi connectivity index (χ1) is 10.8. The first kappa shape index (κ1) is 15.7. The number of fused-ring (bicyclic) bond motifs is 1. The van der Waals surface area contributed by atoms with Crippen molar-refractivity contribution in [3.63, 3.8) is 0 Å². The first-order valence-electron chi connectivity index (χ1n) is 8.69. The number of aromatic nitrogens is 2. The summed E-state index contributed by atoms with van der Waals surface area (Å²) >= 11 is 0. The largest absolute Gasteiger partial charge is 0.396 e. The Bertz CT molecular complexity index is 506. The standard InChI is InChI=1S/C17H28N4O/c1-13-15-6-2-3-7-16(15)20-17(19-13)18-8-10-21-9-4-5-14(11-21)12-22/h14,22H,2-12H2,1H3,(H,18,19,20)/t14-/m0/s1. The van der Waals surface area contributed by atoms with E-state index in [9.17, 15) is 5.11 Å².